The first-order valence-electron chi connectivity index (χ1n) is 9.02. The zero-order valence-electron chi connectivity index (χ0n) is 16.0. The number of hydrogen-bond acceptors (Lipinski definition) is 4. The van der Waals surface area contributed by atoms with Crippen LogP contribution in [0.5, 0.6) is 0 Å². The first-order chi connectivity index (χ1) is 13.8. The molecule has 1 heterocycles. The van der Waals surface area contributed by atoms with Crippen molar-refractivity contribution in [1.82, 2.24) is 0 Å². The second-order valence-corrected chi connectivity index (χ2v) is 7.98. The Morgan fingerprint density at radius 1 is 1.14 bits per heavy atom. The summed E-state index contributed by atoms with van der Waals surface area (Å²) in [4.78, 5) is 26.4. The summed E-state index contributed by atoms with van der Waals surface area (Å²) >= 11 is 6.02. The van der Waals surface area contributed by atoms with Gasteiger partial charge in [0, 0.05) is 29.9 Å². The lowest BCUT2D eigenvalue weighted by molar-refractivity contribution is -0.118. The van der Waals surface area contributed by atoms with Crippen molar-refractivity contribution in [3.8, 4) is 0 Å². The number of rotatable bonds is 4. The number of benzene rings is 2. The van der Waals surface area contributed by atoms with Crippen molar-refractivity contribution in [3.05, 3.63) is 52.5 Å². The van der Waals surface area contributed by atoms with Gasteiger partial charge in [-0.05, 0) is 48.7 Å². The van der Waals surface area contributed by atoms with E-state index in [9.17, 15) is 18.0 Å². The van der Waals surface area contributed by atoms with Gasteiger partial charge in [0.05, 0.1) is 11.3 Å². The van der Waals surface area contributed by atoms with E-state index in [1.807, 2.05) is 6.07 Å². The van der Waals surface area contributed by atoms with Crippen LogP contribution in [0.25, 0.3) is 0 Å². The predicted molar refractivity (Wildman–Crippen MR) is 115 cm³/mol. The Bertz CT molecular complexity index is 1120. The third-order valence-corrected chi connectivity index (χ3v) is 5.74. The van der Waals surface area contributed by atoms with Gasteiger partial charge in [0.25, 0.3) is 5.91 Å². The molecule has 0 aliphatic carbocycles. The van der Waals surface area contributed by atoms with E-state index in [-0.39, 0.29) is 22.9 Å². The van der Waals surface area contributed by atoms with Crippen LogP contribution in [-0.4, -0.2) is 32.3 Å². The molecule has 2 N–H and O–H groups in total. The maximum absolute atomic E-state index is 12.9. The highest BCUT2D eigenvalue weighted by Crippen LogP contribution is 2.30. The summed E-state index contributed by atoms with van der Waals surface area (Å²) < 4.78 is 22.6. The van der Waals surface area contributed by atoms with Gasteiger partial charge < -0.3 is 15.5 Å². The molecule has 1 aliphatic heterocycles. The first-order valence-corrected chi connectivity index (χ1v) is 10.5. The molecule has 9 heteroatoms. The molecule has 0 saturated carbocycles. The van der Waals surface area contributed by atoms with E-state index in [1.54, 1.807) is 37.1 Å². The highest BCUT2D eigenvalue weighted by atomic mass is 35.5. The molecule has 0 fully saturated rings. The molecule has 7 nitrogen and oxygen atoms in total. The number of hydrogen-bond donors (Lipinski definition) is 2. The lowest BCUT2D eigenvalue weighted by Gasteiger charge is -2.26. The molecular formula is C20H20ClN3O4S. The molecule has 1 aliphatic rings. The Balaban J connectivity index is 1.90. The minimum atomic E-state index is -2.44. The normalized spacial score (nSPS) is 12.9. The summed E-state index contributed by atoms with van der Waals surface area (Å²) in [7, 11) is -0.729. The van der Waals surface area contributed by atoms with E-state index in [0.717, 1.165) is 11.3 Å². The zero-order chi connectivity index (χ0) is 21.1. The van der Waals surface area contributed by atoms with Gasteiger partial charge in [0.2, 0.25) is 16.2 Å². The van der Waals surface area contributed by atoms with Gasteiger partial charge in [-0.25, -0.2) is 0 Å². The molecule has 2 amide bonds. The lowest BCUT2D eigenvalue weighted by Crippen LogP contribution is -2.31. The fourth-order valence-electron chi connectivity index (χ4n) is 3.12. The maximum atomic E-state index is 12.9. The van der Waals surface area contributed by atoms with Gasteiger partial charge in [-0.15, -0.1) is 0 Å². The minimum absolute atomic E-state index is 0.0263. The molecule has 152 valence electrons. The van der Waals surface area contributed by atoms with Crippen LogP contribution in [0.1, 0.15) is 35.7 Å². The summed E-state index contributed by atoms with van der Waals surface area (Å²) in [5.74, 6) is -0.403. The Hall–Kier alpha value is -2.84. The number of nitrogens with one attached hydrogen (secondary N) is 2. The van der Waals surface area contributed by atoms with Gasteiger partial charge in [0.1, 0.15) is 4.99 Å². The number of aryl methyl sites for hydroxylation is 1. The maximum Gasteiger partial charge on any atom is 0.257 e. The third kappa shape index (κ3) is 4.60. The van der Waals surface area contributed by atoms with Crippen LogP contribution in [0, 0.1) is 0 Å². The van der Waals surface area contributed by atoms with Gasteiger partial charge in [0.15, 0.2) is 0 Å². The minimum Gasteiger partial charge on any atom is -0.346 e. The van der Waals surface area contributed by atoms with Gasteiger partial charge >= 0.3 is 0 Å². The fraction of sp³-hybridized carbons (Fsp3) is 0.250. The van der Waals surface area contributed by atoms with Crippen LogP contribution < -0.4 is 15.5 Å². The van der Waals surface area contributed by atoms with E-state index in [2.05, 4.69) is 10.6 Å². The number of amides is 2. The van der Waals surface area contributed by atoms with Crippen molar-refractivity contribution in [3.63, 3.8) is 0 Å². The fourth-order valence-corrected chi connectivity index (χ4v) is 3.72. The van der Waals surface area contributed by atoms with E-state index in [1.165, 1.54) is 12.1 Å². The lowest BCUT2D eigenvalue weighted by atomic mass is 10.0. The van der Waals surface area contributed by atoms with E-state index in [0.29, 0.717) is 29.2 Å². The Labute approximate surface area is 175 Å². The predicted octanol–water partition coefficient (Wildman–Crippen LogP) is 3.33. The van der Waals surface area contributed by atoms with Gasteiger partial charge in [-0.2, -0.15) is 8.42 Å². The van der Waals surface area contributed by atoms with Crippen molar-refractivity contribution in [2.45, 2.75) is 26.2 Å². The highest BCUT2D eigenvalue weighted by Gasteiger charge is 2.21. The van der Waals surface area contributed by atoms with Crippen LogP contribution in [0.2, 0.25) is 5.02 Å². The summed E-state index contributed by atoms with van der Waals surface area (Å²) in [6, 6.07) is 10.00. The average molecular weight is 434 g/mol. The van der Waals surface area contributed by atoms with E-state index >= 15 is 0 Å². The summed E-state index contributed by atoms with van der Waals surface area (Å²) in [5.41, 5.74) is 2.87. The Morgan fingerprint density at radius 3 is 2.59 bits per heavy atom. The van der Waals surface area contributed by atoms with Gasteiger partial charge in [-0.3, -0.25) is 9.59 Å². The van der Waals surface area contributed by atoms with Crippen molar-refractivity contribution in [2.75, 3.05) is 22.6 Å². The Kier molecular flexibility index (Phi) is 6.24. The SMILES string of the molecule is CCC(Nc1cc(Cl)ccc1C(=O)Nc1ccc2c(c1)N(C)C(=O)CC2)=S(=O)=O. The topological polar surface area (TPSA) is 95.6 Å². The molecule has 0 unspecified atom stereocenters. The second-order valence-electron chi connectivity index (χ2n) is 6.58. The molecule has 0 bridgehead atoms. The van der Waals surface area contributed by atoms with Crippen molar-refractivity contribution < 1.29 is 18.0 Å². The number of nitrogens with zero attached hydrogens (tertiary/aromatic N) is 1. The molecule has 2 aromatic carbocycles. The van der Waals surface area contributed by atoms with Crippen LogP contribution >= 0.6 is 11.6 Å². The first kappa shape index (κ1) is 20.9. The standard InChI is InChI=1S/C20H20ClN3O4S/c1-3-18(29(27)28)23-16-10-13(21)6-8-15(16)20(26)22-14-7-4-12-5-9-19(25)24(2)17(12)11-14/h4,6-8,10-11,23H,3,5,9H2,1-2H3,(H,22,26). The summed E-state index contributed by atoms with van der Waals surface area (Å²) in [5, 5.41) is 5.94. The van der Waals surface area contributed by atoms with Crippen LogP contribution in [0.15, 0.2) is 36.4 Å². The molecule has 2 aromatic rings. The van der Waals surface area contributed by atoms with Crippen LogP contribution in [0.4, 0.5) is 17.1 Å². The zero-order valence-corrected chi connectivity index (χ0v) is 17.5. The Morgan fingerprint density at radius 2 is 1.90 bits per heavy atom. The van der Waals surface area contributed by atoms with E-state index in [4.69, 9.17) is 11.6 Å². The third-order valence-electron chi connectivity index (χ3n) is 4.71. The number of anilines is 3. The quantitative estimate of drug-likeness (QED) is 0.721. The van der Waals surface area contributed by atoms with Crippen LogP contribution in [0.3, 0.4) is 0 Å². The summed E-state index contributed by atoms with van der Waals surface area (Å²) in [6.45, 7) is 1.69. The van der Waals surface area contributed by atoms with Gasteiger partial charge in [-0.1, -0.05) is 24.6 Å². The molecule has 0 atom stereocenters. The number of carbonyl (C=O) groups is 2. The van der Waals surface area contributed by atoms with E-state index < -0.39 is 16.2 Å². The number of halogens is 1. The number of fused-ring (bicyclic) bond motifs is 1. The molecular weight excluding hydrogens is 414 g/mol. The average Bonchev–Trinajstić information content (AvgIpc) is 2.69. The van der Waals surface area contributed by atoms with Crippen LogP contribution in [-0.2, 0) is 21.5 Å². The molecule has 0 aromatic heterocycles. The van der Waals surface area contributed by atoms with Crippen molar-refractivity contribution >= 4 is 55.8 Å². The monoisotopic (exact) mass is 433 g/mol. The molecule has 0 saturated heterocycles. The smallest absolute Gasteiger partial charge is 0.257 e. The highest BCUT2D eigenvalue weighted by molar-refractivity contribution is 7.73. The number of carbonyl (C=O) groups excluding carboxylic acids is 2. The largest absolute Gasteiger partial charge is 0.346 e. The summed E-state index contributed by atoms with van der Waals surface area (Å²) in [6.07, 6.45) is 1.38. The molecule has 3 rings (SSSR count). The molecule has 0 radical (unpaired) electrons. The van der Waals surface area contributed by atoms with Crippen molar-refractivity contribution in [1.29, 1.82) is 0 Å². The van der Waals surface area contributed by atoms with Crippen molar-refractivity contribution in [2.24, 2.45) is 0 Å². The molecule has 0 spiro atoms. The second kappa shape index (κ2) is 8.67. The molecule has 29 heavy (non-hydrogen) atoms.